The summed E-state index contributed by atoms with van der Waals surface area (Å²) < 4.78 is 19.4. The normalized spacial score (nSPS) is 15.2. The van der Waals surface area contributed by atoms with Crippen molar-refractivity contribution in [1.82, 2.24) is 4.90 Å². The second-order valence-corrected chi connectivity index (χ2v) is 7.73. The molecule has 0 aromatic heterocycles. The zero-order valence-electron chi connectivity index (χ0n) is 16.9. The summed E-state index contributed by atoms with van der Waals surface area (Å²) >= 11 is 0. The fraction of sp³-hybridized carbons (Fsp3) is 0.435. The van der Waals surface area contributed by atoms with E-state index in [9.17, 15) is 9.18 Å². The van der Waals surface area contributed by atoms with Crippen molar-refractivity contribution in [3.63, 3.8) is 0 Å². The van der Waals surface area contributed by atoms with Gasteiger partial charge in [0.2, 0.25) is 5.91 Å². The number of hydrogen-bond acceptors (Lipinski definition) is 3. The molecule has 4 nitrogen and oxygen atoms in total. The van der Waals surface area contributed by atoms with E-state index in [4.69, 9.17) is 4.74 Å². The van der Waals surface area contributed by atoms with Gasteiger partial charge in [0.1, 0.15) is 11.6 Å². The third-order valence-electron chi connectivity index (χ3n) is 5.10. The van der Waals surface area contributed by atoms with Gasteiger partial charge < -0.3 is 15.0 Å². The Morgan fingerprint density at radius 2 is 2.07 bits per heavy atom. The number of fused-ring (bicyclic) bond motifs is 1. The van der Waals surface area contributed by atoms with Crippen molar-refractivity contribution >= 4 is 11.6 Å². The number of nitrogens with one attached hydrogen (secondary N) is 1. The van der Waals surface area contributed by atoms with Gasteiger partial charge in [-0.05, 0) is 56.5 Å². The molecule has 1 amide bonds. The molecule has 1 heterocycles. The first-order chi connectivity index (χ1) is 13.4. The number of amides is 1. The molecule has 2 aromatic rings. The summed E-state index contributed by atoms with van der Waals surface area (Å²) in [7, 11) is 1.83. The van der Waals surface area contributed by atoms with Gasteiger partial charge in [-0.1, -0.05) is 18.2 Å². The molecule has 0 saturated heterocycles. The number of para-hydroxylation sites is 1. The van der Waals surface area contributed by atoms with Crippen molar-refractivity contribution in [1.29, 1.82) is 0 Å². The van der Waals surface area contributed by atoms with Crippen LogP contribution in [0.1, 0.15) is 50.2 Å². The number of nitrogens with zero attached hydrogens (tertiary/aromatic N) is 1. The first-order valence-electron chi connectivity index (χ1n) is 9.96. The van der Waals surface area contributed by atoms with Gasteiger partial charge in [0, 0.05) is 43.7 Å². The highest BCUT2D eigenvalue weighted by Gasteiger charge is 2.23. The van der Waals surface area contributed by atoms with Crippen molar-refractivity contribution in [3.05, 3.63) is 59.4 Å². The summed E-state index contributed by atoms with van der Waals surface area (Å²) in [6.07, 6.45) is 2.24. The Balaban J connectivity index is 1.50. The molecule has 1 N–H and O–H groups in total. The van der Waals surface area contributed by atoms with E-state index in [1.807, 2.05) is 45.2 Å². The number of ether oxygens (including phenoxy) is 1. The highest BCUT2D eigenvalue weighted by molar-refractivity contribution is 5.76. The van der Waals surface area contributed by atoms with Gasteiger partial charge in [-0.2, -0.15) is 0 Å². The summed E-state index contributed by atoms with van der Waals surface area (Å²) in [6.45, 7) is 5.32. The van der Waals surface area contributed by atoms with Crippen LogP contribution in [0.5, 0.6) is 5.75 Å². The van der Waals surface area contributed by atoms with Crippen molar-refractivity contribution < 1.29 is 13.9 Å². The molecule has 1 aliphatic heterocycles. The van der Waals surface area contributed by atoms with Crippen molar-refractivity contribution in [3.8, 4) is 5.75 Å². The van der Waals surface area contributed by atoms with Crippen molar-refractivity contribution in [2.24, 2.45) is 0 Å². The van der Waals surface area contributed by atoms with Gasteiger partial charge in [-0.15, -0.1) is 0 Å². The predicted octanol–water partition coefficient (Wildman–Crippen LogP) is 4.95. The highest BCUT2D eigenvalue weighted by atomic mass is 19.1. The van der Waals surface area contributed by atoms with E-state index >= 15 is 0 Å². The molecule has 1 atom stereocenters. The average Bonchev–Trinajstić information content (AvgIpc) is 3.05. The lowest BCUT2D eigenvalue weighted by Crippen LogP contribution is -2.26. The maximum absolute atomic E-state index is 13.5. The molecule has 0 bridgehead atoms. The van der Waals surface area contributed by atoms with Gasteiger partial charge >= 0.3 is 0 Å². The van der Waals surface area contributed by atoms with E-state index in [1.54, 1.807) is 17.0 Å². The summed E-state index contributed by atoms with van der Waals surface area (Å²) in [5.41, 5.74) is 3.05. The zero-order chi connectivity index (χ0) is 20.1. The number of rotatable bonds is 8. The van der Waals surface area contributed by atoms with Crippen molar-refractivity contribution in [2.45, 2.75) is 51.7 Å². The number of carbonyl (C=O) groups excluding carboxylic acids is 1. The molecule has 0 radical (unpaired) electrons. The van der Waals surface area contributed by atoms with Crippen LogP contribution < -0.4 is 10.1 Å². The first kappa shape index (κ1) is 20.2. The third kappa shape index (κ3) is 5.03. The number of benzene rings is 2. The van der Waals surface area contributed by atoms with Crippen LogP contribution in [0.25, 0.3) is 0 Å². The van der Waals surface area contributed by atoms with E-state index in [1.165, 1.54) is 6.07 Å². The highest BCUT2D eigenvalue weighted by Crippen LogP contribution is 2.35. The second-order valence-electron chi connectivity index (χ2n) is 7.73. The van der Waals surface area contributed by atoms with Gasteiger partial charge in [0.05, 0.1) is 6.10 Å². The lowest BCUT2D eigenvalue weighted by molar-refractivity contribution is -0.130. The Labute approximate surface area is 166 Å². The maximum Gasteiger partial charge on any atom is 0.222 e. The SMILES string of the molecule is CC(C)Oc1ccccc1CN(C)C(=O)CCCC1CNc2ccc(F)cc21. The van der Waals surface area contributed by atoms with E-state index in [-0.39, 0.29) is 23.7 Å². The third-order valence-corrected chi connectivity index (χ3v) is 5.10. The Bertz CT molecular complexity index is 822. The Hall–Kier alpha value is -2.56. The Kier molecular flexibility index (Phi) is 6.55. The van der Waals surface area contributed by atoms with E-state index in [2.05, 4.69) is 5.32 Å². The van der Waals surface area contributed by atoms with Gasteiger partial charge in [-0.3, -0.25) is 4.79 Å². The summed E-state index contributed by atoms with van der Waals surface area (Å²) in [4.78, 5) is 14.3. The van der Waals surface area contributed by atoms with Crippen LogP contribution in [0.2, 0.25) is 0 Å². The minimum atomic E-state index is -0.203. The average molecular weight is 384 g/mol. The first-order valence-corrected chi connectivity index (χ1v) is 9.96. The molecular weight excluding hydrogens is 355 g/mol. The topological polar surface area (TPSA) is 41.6 Å². The smallest absolute Gasteiger partial charge is 0.222 e. The summed E-state index contributed by atoms with van der Waals surface area (Å²) in [5, 5.41) is 3.32. The molecule has 0 aliphatic carbocycles. The van der Waals surface area contributed by atoms with Crippen molar-refractivity contribution in [2.75, 3.05) is 18.9 Å². The Morgan fingerprint density at radius 1 is 1.29 bits per heavy atom. The molecule has 5 heteroatoms. The molecule has 1 unspecified atom stereocenters. The van der Waals surface area contributed by atoms with Crippen LogP contribution in [0.4, 0.5) is 10.1 Å². The number of hydrogen-bond donors (Lipinski definition) is 1. The second kappa shape index (κ2) is 9.09. The quantitative estimate of drug-likeness (QED) is 0.700. The lowest BCUT2D eigenvalue weighted by atomic mass is 9.95. The fourth-order valence-corrected chi connectivity index (χ4v) is 3.67. The van der Waals surface area contributed by atoms with Crippen LogP contribution in [0, 0.1) is 5.82 Å². The van der Waals surface area contributed by atoms with Gasteiger partial charge in [0.15, 0.2) is 0 Å². The standard InChI is InChI=1S/C23H29FN2O2/c1-16(2)28-22-9-5-4-7-18(22)15-26(3)23(27)10-6-8-17-14-25-21-12-11-19(24)13-20(17)21/h4-5,7,9,11-13,16-17,25H,6,8,10,14-15H2,1-3H3. The molecule has 0 fully saturated rings. The van der Waals surface area contributed by atoms with Gasteiger partial charge in [0.25, 0.3) is 0 Å². The fourth-order valence-electron chi connectivity index (χ4n) is 3.67. The van der Waals surface area contributed by atoms with Crippen LogP contribution in [-0.2, 0) is 11.3 Å². The Morgan fingerprint density at radius 3 is 2.86 bits per heavy atom. The zero-order valence-corrected chi connectivity index (χ0v) is 16.9. The number of anilines is 1. The molecular formula is C23H29FN2O2. The van der Waals surface area contributed by atoms with Crippen LogP contribution in [-0.4, -0.2) is 30.5 Å². The van der Waals surface area contributed by atoms with Crippen LogP contribution in [0.15, 0.2) is 42.5 Å². The molecule has 150 valence electrons. The number of halogens is 1. The van der Waals surface area contributed by atoms with Gasteiger partial charge in [-0.25, -0.2) is 4.39 Å². The van der Waals surface area contributed by atoms with E-state index in [0.717, 1.165) is 42.0 Å². The molecule has 0 saturated carbocycles. The molecule has 3 rings (SSSR count). The van der Waals surface area contributed by atoms with E-state index < -0.39 is 0 Å². The molecule has 2 aromatic carbocycles. The summed E-state index contributed by atoms with van der Waals surface area (Å²) in [5.74, 6) is 1.01. The maximum atomic E-state index is 13.5. The van der Waals surface area contributed by atoms with Crippen LogP contribution >= 0.6 is 0 Å². The monoisotopic (exact) mass is 384 g/mol. The van der Waals surface area contributed by atoms with E-state index in [0.29, 0.717) is 13.0 Å². The minimum absolute atomic E-state index is 0.0925. The van der Waals surface area contributed by atoms with Crippen LogP contribution in [0.3, 0.4) is 0 Å². The largest absolute Gasteiger partial charge is 0.491 e. The molecule has 1 aliphatic rings. The summed E-state index contributed by atoms with van der Waals surface area (Å²) in [6, 6.07) is 12.7. The number of carbonyl (C=O) groups is 1. The minimum Gasteiger partial charge on any atom is -0.491 e. The lowest BCUT2D eigenvalue weighted by Gasteiger charge is -2.21. The molecule has 28 heavy (non-hydrogen) atoms. The molecule has 0 spiro atoms. The predicted molar refractivity (Wildman–Crippen MR) is 110 cm³/mol.